The molecular formula is C13H21N3O2. The highest BCUT2D eigenvalue weighted by molar-refractivity contribution is 5.30. The Morgan fingerprint density at radius 3 is 2.61 bits per heavy atom. The standard InChI is InChI=1S/C13H21N3O2/c1-8-3-9(2)5-12(4-8)6-13(12,7-14)10-15-11(17)18-16-10/h8-9H,3-7,14H2,1-2H3,(H,15,16,17). The first-order valence-corrected chi connectivity index (χ1v) is 6.78. The van der Waals surface area contributed by atoms with E-state index < -0.39 is 5.76 Å². The highest BCUT2D eigenvalue weighted by Gasteiger charge is 2.70. The van der Waals surface area contributed by atoms with Gasteiger partial charge in [0.15, 0.2) is 5.82 Å². The molecule has 2 saturated carbocycles. The molecule has 0 amide bonds. The van der Waals surface area contributed by atoms with Gasteiger partial charge in [-0.2, -0.15) is 0 Å². The minimum atomic E-state index is -0.475. The molecule has 5 heteroatoms. The van der Waals surface area contributed by atoms with Crippen molar-refractivity contribution in [1.29, 1.82) is 0 Å². The molecular weight excluding hydrogens is 230 g/mol. The molecule has 5 nitrogen and oxygen atoms in total. The molecule has 3 rings (SSSR count). The minimum Gasteiger partial charge on any atom is -0.329 e. The summed E-state index contributed by atoms with van der Waals surface area (Å²) in [5.41, 5.74) is 6.09. The molecule has 1 spiro atoms. The molecule has 0 aliphatic heterocycles. The Morgan fingerprint density at radius 1 is 1.44 bits per heavy atom. The van der Waals surface area contributed by atoms with Crippen molar-refractivity contribution in [3.8, 4) is 0 Å². The van der Waals surface area contributed by atoms with E-state index in [-0.39, 0.29) is 10.8 Å². The van der Waals surface area contributed by atoms with Gasteiger partial charge < -0.3 is 5.73 Å². The summed E-state index contributed by atoms with van der Waals surface area (Å²) in [7, 11) is 0. The molecule has 0 saturated heterocycles. The lowest BCUT2D eigenvalue weighted by Crippen LogP contribution is -2.34. The fourth-order valence-corrected chi connectivity index (χ4v) is 4.50. The summed E-state index contributed by atoms with van der Waals surface area (Å²) in [5, 5.41) is 3.90. The van der Waals surface area contributed by atoms with E-state index >= 15 is 0 Å². The molecule has 2 aliphatic carbocycles. The molecule has 2 aliphatic rings. The van der Waals surface area contributed by atoms with Crippen LogP contribution in [0.4, 0.5) is 0 Å². The number of hydrogen-bond donors (Lipinski definition) is 2. The topological polar surface area (TPSA) is 84.9 Å². The van der Waals surface area contributed by atoms with E-state index in [9.17, 15) is 4.79 Å². The van der Waals surface area contributed by atoms with Gasteiger partial charge in [0.25, 0.3) is 0 Å². The average Bonchev–Trinajstić information content (AvgIpc) is 2.65. The summed E-state index contributed by atoms with van der Waals surface area (Å²) in [6.07, 6.45) is 4.69. The van der Waals surface area contributed by atoms with Crippen molar-refractivity contribution < 1.29 is 4.52 Å². The van der Waals surface area contributed by atoms with Gasteiger partial charge in [-0.05, 0) is 42.9 Å². The second-order valence-electron chi connectivity index (χ2n) is 6.54. The van der Waals surface area contributed by atoms with Gasteiger partial charge in [0, 0.05) is 6.54 Å². The highest BCUT2D eigenvalue weighted by atomic mass is 16.5. The number of H-pyrrole nitrogens is 1. The Labute approximate surface area is 106 Å². The molecule has 0 bridgehead atoms. The number of rotatable bonds is 2. The van der Waals surface area contributed by atoms with E-state index in [4.69, 9.17) is 5.73 Å². The third kappa shape index (κ3) is 1.49. The lowest BCUT2D eigenvalue weighted by atomic mass is 9.70. The first-order chi connectivity index (χ1) is 8.51. The van der Waals surface area contributed by atoms with Gasteiger partial charge in [-0.3, -0.25) is 9.51 Å². The summed E-state index contributed by atoms with van der Waals surface area (Å²) < 4.78 is 4.66. The number of nitrogens with zero attached hydrogens (tertiary/aromatic N) is 1. The summed E-state index contributed by atoms with van der Waals surface area (Å²) >= 11 is 0. The van der Waals surface area contributed by atoms with Crippen LogP contribution in [0, 0.1) is 17.3 Å². The van der Waals surface area contributed by atoms with Gasteiger partial charge in [0.05, 0.1) is 5.41 Å². The van der Waals surface area contributed by atoms with Crippen molar-refractivity contribution in [3.63, 3.8) is 0 Å². The van der Waals surface area contributed by atoms with E-state index in [1.807, 2.05) is 0 Å². The fraction of sp³-hybridized carbons (Fsp3) is 0.846. The Kier molecular flexibility index (Phi) is 2.46. The van der Waals surface area contributed by atoms with Crippen LogP contribution in [-0.2, 0) is 5.41 Å². The van der Waals surface area contributed by atoms with E-state index in [2.05, 4.69) is 28.5 Å². The number of aromatic amines is 1. The van der Waals surface area contributed by atoms with Crippen LogP contribution in [0.25, 0.3) is 0 Å². The number of aromatic nitrogens is 2. The van der Waals surface area contributed by atoms with Crippen LogP contribution < -0.4 is 11.5 Å². The summed E-state index contributed by atoms with van der Waals surface area (Å²) in [6.45, 7) is 5.15. The fourth-order valence-electron chi connectivity index (χ4n) is 4.50. The van der Waals surface area contributed by atoms with Gasteiger partial charge in [-0.25, -0.2) is 4.79 Å². The zero-order chi connectivity index (χ0) is 13.0. The van der Waals surface area contributed by atoms with Gasteiger partial charge in [-0.15, -0.1) is 0 Å². The predicted octanol–water partition coefficient (Wildman–Crippen LogP) is 1.41. The maximum absolute atomic E-state index is 11.2. The van der Waals surface area contributed by atoms with E-state index in [1.54, 1.807) is 0 Å². The van der Waals surface area contributed by atoms with E-state index in [1.165, 1.54) is 19.3 Å². The van der Waals surface area contributed by atoms with Crippen LogP contribution in [0.15, 0.2) is 9.32 Å². The Hall–Kier alpha value is -1.10. The molecule has 18 heavy (non-hydrogen) atoms. The van der Waals surface area contributed by atoms with Crippen LogP contribution in [0.3, 0.4) is 0 Å². The first-order valence-electron chi connectivity index (χ1n) is 6.78. The summed E-state index contributed by atoms with van der Waals surface area (Å²) in [6, 6.07) is 0. The van der Waals surface area contributed by atoms with Gasteiger partial charge in [0.1, 0.15) is 0 Å². The Balaban J connectivity index is 1.94. The molecule has 1 heterocycles. The molecule has 0 aromatic carbocycles. The van der Waals surface area contributed by atoms with Gasteiger partial charge in [-0.1, -0.05) is 19.0 Å². The largest absolute Gasteiger partial charge is 0.438 e. The van der Waals surface area contributed by atoms with Crippen molar-refractivity contribution in [1.82, 2.24) is 10.1 Å². The number of nitrogens with one attached hydrogen (secondary N) is 1. The monoisotopic (exact) mass is 251 g/mol. The van der Waals surface area contributed by atoms with Crippen LogP contribution >= 0.6 is 0 Å². The van der Waals surface area contributed by atoms with Crippen LogP contribution in [-0.4, -0.2) is 16.7 Å². The molecule has 3 atom stereocenters. The molecule has 100 valence electrons. The number of nitrogens with two attached hydrogens (primary N) is 1. The molecule has 2 fully saturated rings. The Morgan fingerprint density at radius 2 is 2.11 bits per heavy atom. The maximum atomic E-state index is 11.2. The highest BCUT2D eigenvalue weighted by Crippen LogP contribution is 2.71. The second kappa shape index (κ2) is 3.70. The maximum Gasteiger partial charge on any atom is 0.438 e. The molecule has 1 aromatic heterocycles. The van der Waals surface area contributed by atoms with Crippen molar-refractivity contribution in [2.24, 2.45) is 23.0 Å². The van der Waals surface area contributed by atoms with Gasteiger partial charge >= 0.3 is 5.76 Å². The van der Waals surface area contributed by atoms with E-state index in [0.717, 1.165) is 18.3 Å². The first kappa shape index (κ1) is 12.0. The zero-order valence-corrected chi connectivity index (χ0v) is 11.0. The zero-order valence-electron chi connectivity index (χ0n) is 11.0. The third-order valence-corrected chi connectivity index (χ3v) is 5.06. The molecule has 3 N–H and O–H groups in total. The number of hydrogen-bond acceptors (Lipinski definition) is 4. The van der Waals surface area contributed by atoms with Crippen LogP contribution in [0.1, 0.15) is 45.4 Å². The van der Waals surface area contributed by atoms with Crippen molar-refractivity contribution in [2.75, 3.05) is 6.54 Å². The lowest BCUT2D eigenvalue weighted by molar-refractivity contribution is 0.174. The lowest BCUT2D eigenvalue weighted by Gasteiger charge is -2.35. The smallest absolute Gasteiger partial charge is 0.329 e. The SMILES string of the molecule is CC1CC(C)CC2(C1)CC2(CN)c1noc(=O)[nH]1. The minimum absolute atomic E-state index is 0.151. The second-order valence-corrected chi connectivity index (χ2v) is 6.54. The van der Waals surface area contributed by atoms with Crippen molar-refractivity contribution in [2.45, 2.75) is 44.9 Å². The predicted molar refractivity (Wildman–Crippen MR) is 67.1 cm³/mol. The Bertz CT molecular complexity index is 496. The molecule has 0 radical (unpaired) electrons. The normalized spacial score (nSPS) is 43.3. The third-order valence-electron chi connectivity index (χ3n) is 5.06. The molecule has 3 unspecified atom stereocenters. The van der Waals surface area contributed by atoms with Crippen LogP contribution in [0.5, 0.6) is 0 Å². The van der Waals surface area contributed by atoms with Crippen molar-refractivity contribution in [3.05, 3.63) is 16.4 Å². The average molecular weight is 251 g/mol. The van der Waals surface area contributed by atoms with Gasteiger partial charge in [0.2, 0.25) is 0 Å². The summed E-state index contributed by atoms with van der Waals surface area (Å²) in [5.74, 6) is 1.63. The summed E-state index contributed by atoms with van der Waals surface area (Å²) in [4.78, 5) is 13.9. The van der Waals surface area contributed by atoms with Crippen LogP contribution in [0.2, 0.25) is 0 Å². The quantitative estimate of drug-likeness (QED) is 0.832. The van der Waals surface area contributed by atoms with Crippen molar-refractivity contribution >= 4 is 0 Å². The van der Waals surface area contributed by atoms with E-state index in [0.29, 0.717) is 12.4 Å². The molecule has 1 aromatic rings.